The van der Waals surface area contributed by atoms with E-state index < -0.39 is 57.5 Å². The van der Waals surface area contributed by atoms with Gasteiger partial charge in [0.05, 0.1) is 39.9 Å². The van der Waals surface area contributed by atoms with Crippen molar-refractivity contribution < 1.29 is 37.0 Å². The molecule has 4 aromatic rings. The highest BCUT2D eigenvalue weighted by atomic mass is 31.2. The van der Waals surface area contributed by atoms with E-state index in [9.17, 15) is 14.9 Å². The van der Waals surface area contributed by atoms with Gasteiger partial charge in [-0.3, -0.25) is 23.4 Å². The second kappa shape index (κ2) is 20.0. The molecule has 0 amide bonds. The normalized spacial score (nSPS) is 19.5. The summed E-state index contributed by atoms with van der Waals surface area (Å²) in [5, 5.41) is 9.18. The van der Waals surface area contributed by atoms with Crippen molar-refractivity contribution in [1.29, 1.82) is 5.26 Å². The lowest BCUT2D eigenvalue weighted by Crippen LogP contribution is -2.51. The summed E-state index contributed by atoms with van der Waals surface area (Å²) in [5.41, 5.74) is 0.0470. The second-order valence-corrected chi connectivity index (χ2v) is 24.2. The van der Waals surface area contributed by atoms with Gasteiger partial charge < -0.3 is 23.4 Å². The molecule has 1 aliphatic rings. The fourth-order valence-corrected chi connectivity index (χ4v) is 11.2. The molecule has 62 heavy (non-hydrogen) atoms. The number of hydrogen-bond acceptors (Lipinski definition) is 11. The fourth-order valence-electron chi connectivity index (χ4n) is 7.57. The van der Waals surface area contributed by atoms with Gasteiger partial charge >= 0.3 is 13.4 Å². The maximum atomic E-state index is 15.6. The summed E-state index contributed by atoms with van der Waals surface area (Å²) in [6, 6.07) is 26.4. The number of nitrogens with one attached hydrogen (secondary N) is 1. The molecule has 0 spiro atoms. The van der Waals surface area contributed by atoms with Crippen molar-refractivity contribution >= 4 is 16.1 Å². The first-order valence-electron chi connectivity index (χ1n) is 21.0. The van der Waals surface area contributed by atoms with Crippen molar-refractivity contribution in [3.8, 4) is 17.6 Å². The molecular formula is C46H63N4O10PSi. The van der Waals surface area contributed by atoms with E-state index in [0.717, 1.165) is 16.7 Å². The number of aromatic nitrogens is 2. The predicted molar refractivity (Wildman–Crippen MR) is 241 cm³/mol. The van der Waals surface area contributed by atoms with Crippen LogP contribution in [0.4, 0.5) is 0 Å². The molecule has 14 nitrogen and oxygen atoms in total. The number of H-pyrrole nitrogens is 1. The molecule has 3 aromatic carbocycles. The van der Waals surface area contributed by atoms with Gasteiger partial charge in [0, 0.05) is 23.8 Å². The molecular weight excluding hydrogens is 828 g/mol. The number of nitrogens with zero attached hydrogens (tertiary/aromatic N) is 3. The number of benzene rings is 3. The average Bonchev–Trinajstić information content (AvgIpc) is 3.54. The maximum absolute atomic E-state index is 15.6. The van der Waals surface area contributed by atoms with Gasteiger partial charge in [-0.15, -0.1) is 0 Å². The molecule has 16 heteroatoms. The summed E-state index contributed by atoms with van der Waals surface area (Å²) >= 11 is 0. The lowest BCUT2D eigenvalue weighted by molar-refractivity contribution is -0.0952. The van der Waals surface area contributed by atoms with E-state index in [1.165, 1.54) is 10.8 Å². The Morgan fingerprint density at radius 2 is 1.40 bits per heavy atom. The van der Waals surface area contributed by atoms with Crippen molar-refractivity contribution in [2.24, 2.45) is 0 Å². The number of methoxy groups -OCH3 is 2. The first-order chi connectivity index (χ1) is 29.2. The van der Waals surface area contributed by atoms with Gasteiger partial charge in [-0.1, -0.05) is 75.4 Å². The molecule has 0 saturated carbocycles. The van der Waals surface area contributed by atoms with Crippen LogP contribution in [0.1, 0.15) is 83.4 Å². The minimum absolute atomic E-state index is 0.0347. The van der Waals surface area contributed by atoms with Crippen molar-refractivity contribution in [2.75, 3.05) is 27.4 Å². The Hall–Kier alpha value is -4.36. The fraction of sp³-hybridized carbons (Fsp3) is 0.500. The largest absolute Gasteiger partial charge is 0.497 e. The number of aromatic amines is 1. The number of ether oxygens (including phenoxy) is 4. The molecule has 2 heterocycles. The van der Waals surface area contributed by atoms with Crippen molar-refractivity contribution in [3.63, 3.8) is 0 Å². The third-order valence-electron chi connectivity index (χ3n) is 11.6. The molecule has 1 aliphatic heterocycles. The standard InChI is InChI=1S/C46H63N4O10PSi/c1-31(2)50(32(3)4)61(53,57-28-16-27-47)59-40-39(58-43(41(40)60-62(11,12)45(6,7)8)49-29-33(5)42(51)48-44(49)52)30-56-46(34-17-14-13-15-18-34,35-19-23-37(54-9)24-20-35)36-21-25-38(55-10)26-22-36/h13-15,17-26,29,31-32,39-41,43H,16,28,30H2,1-12H3,(H,48,51,52)/t39-,40-,41-,43-,61?/m1/s1. The first-order valence-corrected chi connectivity index (χ1v) is 25.4. The zero-order valence-corrected chi connectivity index (χ0v) is 39.9. The summed E-state index contributed by atoms with van der Waals surface area (Å²) in [6.07, 6.45) is -3.11. The highest BCUT2D eigenvalue weighted by molar-refractivity contribution is 7.51. The molecule has 1 fully saturated rings. The van der Waals surface area contributed by atoms with E-state index >= 15 is 4.57 Å². The summed E-state index contributed by atoms with van der Waals surface area (Å²) in [6.45, 7) is 19.2. The summed E-state index contributed by atoms with van der Waals surface area (Å²) < 4.78 is 64.3. The van der Waals surface area contributed by atoms with Crippen molar-refractivity contribution in [3.05, 3.63) is 128 Å². The Balaban J connectivity index is 1.78. The van der Waals surface area contributed by atoms with Gasteiger partial charge in [-0.25, -0.2) is 14.0 Å². The Morgan fingerprint density at radius 1 is 0.871 bits per heavy atom. The quantitative estimate of drug-likeness (QED) is 0.0413. The van der Waals surface area contributed by atoms with Crippen LogP contribution in [0.15, 0.2) is 94.6 Å². The van der Waals surface area contributed by atoms with Gasteiger partial charge in [-0.05, 0) is 93.7 Å². The zero-order valence-electron chi connectivity index (χ0n) is 38.0. The highest BCUT2D eigenvalue weighted by Crippen LogP contribution is 2.58. The first kappa shape index (κ1) is 48.7. The number of aryl methyl sites for hydroxylation is 1. The van der Waals surface area contributed by atoms with Crippen LogP contribution in [-0.2, 0) is 33.1 Å². The molecule has 0 aliphatic carbocycles. The molecule has 1 aromatic heterocycles. The minimum Gasteiger partial charge on any atom is -0.497 e. The van der Waals surface area contributed by atoms with Crippen LogP contribution < -0.4 is 20.7 Å². The Bertz CT molecular complexity index is 2250. The van der Waals surface area contributed by atoms with Crippen molar-refractivity contribution in [2.45, 2.75) is 122 Å². The van der Waals surface area contributed by atoms with E-state index in [0.29, 0.717) is 11.5 Å². The third kappa shape index (κ3) is 10.4. The molecule has 1 N–H and O–H groups in total. The maximum Gasteiger partial charge on any atom is 0.409 e. The molecule has 1 unspecified atom stereocenters. The van der Waals surface area contributed by atoms with Crippen LogP contribution >= 0.6 is 7.75 Å². The molecule has 5 atom stereocenters. The number of hydrogen-bond donors (Lipinski definition) is 1. The van der Waals surface area contributed by atoms with Gasteiger partial charge in [0.25, 0.3) is 5.56 Å². The van der Waals surface area contributed by atoms with Crippen LogP contribution in [0.5, 0.6) is 11.5 Å². The predicted octanol–water partition coefficient (Wildman–Crippen LogP) is 8.70. The minimum atomic E-state index is -4.30. The van der Waals surface area contributed by atoms with E-state index in [1.54, 1.807) is 25.8 Å². The van der Waals surface area contributed by atoms with Crippen LogP contribution in [0, 0.1) is 18.3 Å². The van der Waals surface area contributed by atoms with Gasteiger partial charge in [0.2, 0.25) is 0 Å². The number of rotatable bonds is 19. The van der Waals surface area contributed by atoms with Gasteiger partial charge in [0.1, 0.15) is 35.4 Å². The van der Waals surface area contributed by atoms with Crippen LogP contribution in [-0.4, -0.2) is 80.4 Å². The summed E-state index contributed by atoms with van der Waals surface area (Å²) in [5.74, 6) is 1.31. The monoisotopic (exact) mass is 890 g/mol. The topological polar surface area (TPSA) is 164 Å². The average molecular weight is 891 g/mol. The van der Waals surface area contributed by atoms with E-state index in [-0.39, 0.29) is 42.3 Å². The third-order valence-corrected chi connectivity index (χ3v) is 18.6. The highest BCUT2D eigenvalue weighted by Gasteiger charge is 2.56. The summed E-state index contributed by atoms with van der Waals surface area (Å²) in [7, 11) is -3.86. The molecule has 336 valence electrons. The summed E-state index contributed by atoms with van der Waals surface area (Å²) in [4.78, 5) is 28.9. The van der Waals surface area contributed by atoms with E-state index in [2.05, 4.69) is 44.9 Å². The van der Waals surface area contributed by atoms with E-state index in [4.69, 9.17) is 32.4 Å². The number of nitriles is 1. The lowest BCUT2D eigenvalue weighted by atomic mass is 9.80. The second-order valence-electron chi connectivity index (χ2n) is 17.5. The van der Waals surface area contributed by atoms with E-state index in [1.807, 2.05) is 107 Å². The molecule has 0 radical (unpaired) electrons. The Labute approximate surface area is 366 Å². The SMILES string of the molecule is COc1ccc(C(OC[C@H]2O[C@@H](n3cc(C)c(=O)[nH]c3=O)[C@H](O[Si](C)(C)C(C)(C)C)[C@@H]2OP(=O)(OCCC#N)N(C(C)C)C(C)C)(c2ccccc2)c2ccc(OC)cc2)cc1. The lowest BCUT2D eigenvalue weighted by Gasteiger charge is -2.42. The smallest absolute Gasteiger partial charge is 0.409 e. The van der Waals surface area contributed by atoms with Crippen LogP contribution in [0.25, 0.3) is 0 Å². The molecule has 0 bridgehead atoms. The van der Waals surface area contributed by atoms with Gasteiger partial charge in [0.15, 0.2) is 14.5 Å². The molecule has 1 saturated heterocycles. The zero-order chi connectivity index (χ0) is 45.6. The molecule has 5 rings (SSSR count). The van der Waals surface area contributed by atoms with Gasteiger partial charge in [-0.2, -0.15) is 5.26 Å². The van der Waals surface area contributed by atoms with Crippen LogP contribution in [0.2, 0.25) is 18.1 Å². The Kier molecular flexibility index (Phi) is 15.7. The van der Waals surface area contributed by atoms with Crippen molar-refractivity contribution in [1.82, 2.24) is 14.2 Å². The van der Waals surface area contributed by atoms with Crippen LogP contribution in [0.3, 0.4) is 0 Å². The Morgan fingerprint density at radius 3 is 1.89 bits per heavy atom.